The highest BCUT2D eigenvalue weighted by molar-refractivity contribution is 6.43. The number of halogens is 1. The fourth-order valence-corrected chi connectivity index (χ4v) is 4.31. The number of anilines is 1. The van der Waals surface area contributed by atoms with Crippen LogP contribution in [-0.2, 0) is 11.8 Å². The first-order valence-electron chi connectivity index (χ1n) is 10.2. The zero-order chi connectivity index (χ0) is 23.1. The second-order valence-corrected chi connectivity index (χ2v) is 8.65. The molecule has 1 aliphatic rings. The molecule has 1 aromatic heterocycles. The van der Waals surface area contributed by atoms with Gasteiger partial charge in [0.25, 0.3) is 17.6 Å². The number of Topliss-reactive ketones (excluding diaryl/α,β-unsaturated/α-hetero) is 1. The molecular formula is C23H28FN3O4. The van der Waals surface area contributed by atoms with Crippen molar-refractivity contribution in [3.8, 4) is 0 Å². The van der Waals surface area contributed by atoms with E-state index < -0.39 is 29.2 Å². The molecule has 7 nitrogen and oxygen atoms in total. The number of aliphatic hydroxyl groups excluding tert-OH is 1. The van der Waals surface area contributed by atoms with E-state index in [4.69, 9.17) is 0 Å². The average molecular weight is 429 g/mol. The molecule has 1 fully saturated rings. The van der Waals surface area contributed by atoms with Gasteiger partial charge in [0.05, 0.1) is 17.4 Å². The van der Waals surface area contributed by atoms with Crippen molar-refractivity contribution in [2.24, 2.45) is 7.05 Å². The average Bonchev–Trinajstić information content (AvgIpc) is 3.13. The van der Waals surface area contributed by atoms with Gasteiger partial charge in [-0.1, -0.05) is 0 Å². The number of aryl methyl sites for hydroxylation is 1. The number of carbonyl (C=O) groups is 3. The summed E-state index contributed by atoms with van der Waals surface area (Å²) >= 11 is 0. The molecule has 2 atom stereocenters. The van der Waals surface area contributed by atoms with E-state index in [2.05, 4.69) is 10.6 Å². The topological polar surface area (TPSA) is 100 Å². The summed E-state index contributed by atoms with van der Waals surface area (Å²) in [5, 5.41) is 15.2. The van der Waals surface area contributed by atoms with Gasteiger partial charge in [0, 0.05) is 24.0 Å². The van der Waals surface area contributed by atoms with Crippen LogP contribution < -0.4 is 10.6 Å². The molecule has 0 spiro atoms. The lowest BCUT2D eigenvalue weighted by atomic mass is 9.99. The van der Waals surface area contributed by atoms with Gasteiger partial charge in [-0.25, -0.2) is 4.39 Å². The smallest absolute Gasteiger partial charge is 0.294 e. The fraction of sp³-hybridized carbons (Fsp3) is 0.435. The Morgan fingerprint density at radius 2 is 1.90 bits per heavy atom. The van der Waals surface area contributed by atoms with Crippen molar-refractivity contribution >= 4 is 23.3 Å². The Bertz CT molecular complexity index is 1080. The van der Waals surface area contributed by atoms with Crippen molar-refractivity contribution < 1.29 is 23.9 Å². The summed E-state index contributed by atoms with van der Waals surface area (Å²) < 4.78 is 15.0. The third-order valence-electron chi connectivity index (χ3n) is 6.13. The van der Waals surface area contributed by atoms with E-state index in [1.54, 1.807) is 34.7 Å². The van der Waals surface area contributed by atoms with Crippen LogP contribution in [0.1, 0.15) is 63.9 Å². The SMILES string of the molecule is Cc1cc(NC(=O)c2c(C)c(C(=O)C(=O)N[C@@]3(C)CC[C@H](O)C3)n(C)c2C)ccc1F. The number of carbonyl (C=O) groups excluding carboxylic acids is 3. The number of nitrogens with one attached hydrogen (secondary N) is 2. The molecule has 3 rings (SSSR count). The highest BCUT2D eigenvalue weighted by Crippen LogP contribution is 2.30. The lowest BCUT2D eigenvalue weighted by Gasteiger charge is -2.25. The predicted molar refractivity (Wildman–Crippen MR) is 115 cm³/mol. The second-order valence-electron chi connectivity index (χ2n) is 8.65. The molecule has 1 aromatic carbocycles. The summed E-state index contributed by atoms with van der Waals surface area (Å²) in [4.78, 5) is 38.6. The summed E-state index contributed by atoms with van der Waals surface area (Å²) in [6, 6.07) is 4.26. The molecule has 2 amide bonds. The summed E-state index contributed by atoms with van der Waals surface area (Å²) in [6.07, 6.45) is 1.05. The van der Waals surface area contributed by atoms with E-state index >= 15 is 0 Å². The van der Waals surface area contributed by atoms with Gasteiger partial charge in [-0.15, -0.1) is 0 Å². The largest absolute Gasteiger partial charge is 0.393 e. The van der Waals surface area contributed by atoms with Gasteiger partial charge in [0.2, 0.25) is 0 Å². The third kappa shape index (κ3) is 4.39. The van der Waals surface area contributed by atoms with Gasteiger partial charge in [-0.3, -0.25) is 14.4 Å². The molecular weight excluding hydrogens is 401 g/mol. The Morgan fingerprint density at radius 3 is 2.48 bits per heavy atom. The number of nitrogens with zero attached hydrogens (tertiary/aromatic N) is 1. The van der Waals surface area contributed by atoms with Crippen molar-refractivity contribution in [1.29, 1.82) is 0 Å². The number of hydrogen-bond acceptors (Lipinski definition) is 4. The first-order chi connectivity index (χ1) is 14.4. The summed E-state index contributed by atoms with van der Waals surface area (Å²) in [5.74, 6) is -2.31. The molecule has 1 heterocycles. The van der Waals surface area contributed by atoms with Crippen molar-refractivity contribution in [2.75, 3.05) is 5.32 Å². The minimum atomic E-state index is -0.763. The Hall–Kier alpha value is -3.00. The van der Waals surface area contributed by atoms with Crippen LogP contribution in [0.4, 0.5) is 10.1 Å². The Kier molecular flexibility index (Phi) is 6.04. The molecule has 8 heteroatoms. The normalized spacial score (nSPS) is 20.5. The Balaban J connectivity index is 1.85. The van der Waals surface area contributed by atoms with Gasteiger partial charge >= 0.3 is 0 Å². The first kappa shape index (κ1) is 22.7. The van der Waals surface area contributed by atoms with Gasteiger partial charge in [-0.2, -0.15) is 0 Å². The molecule has 0 unspecified atom stereocenters. The van der Waals surface area contributed by atoms with Gasteiger partial charge < -0.3 is 20.3 Å². The summed E-state index contributed by atoms with van der Waals surface area (Å²) in [6.45, 7) is 6.73. The lowest BCUT2D eigenvalue weighted by Crippen LogP contribution is -2.47. The van der Waals surface area contributed by atoms with E-state index in [9.17, 15) is 23.9 Å². The number of amides is 2. The fourth-order valence-electron chi connectivity index (χ4n) is 4.31. The molecule has 0 aliphatic heterocycles. The maximum absolute atomic E-state index is 13.5. The van der Waals surface area contributed by atoms with E-state index in [1.807, 2.05) is 0 Å². The van der Waals surface area contributed by atoms with E-state index in [0.717, 1.165) is 0 Å². The van der Waals surface area contributed by atoms with Crippen LogP contribution >= 0.6 is 0 Å². The van der Waals surface area contributed by atoms with E-state index in [-0.39, 0.29) is 11.5 Å². The van der Waals surface area contributed by atoms with Crippen LogP contribution in [-0.4, -0.2) is 38.9 Å². The number of aliphatic hydroxyl groups is 1. The molecule has 2 aromatic rings. The molecule has 1 aliphatic carbocycles. The minimum absolute atomic E-state index is 0.137. The van der Waals surface area contributed by atoms with Crippen LogP contribution in [0.2, 0.25) is 0 Å². The quantitative estimate of drug-likeness (QED) is 0.503. The number of hydrogen-bond donors (Lipinski definition) is 3. The summed E-state index contributed by atoms with van der Waals surface area (Å²) in [7, 11) is 1.63. The molecule has 0 bridgehead atoms. The number of aromatic nitrogens is 1. The highest BCUT2D eigenvalue weighted by Gasteiger charge is 2.38. The van der Waals surface area contributed by atoms with Crippen molar-refractivity contribution in [3.63, 3.8) is 0 Å². The van der Waals surface area contributed by atoms with Crippen LogP contribution in [0.15, 0.2) is 18.2 Å². The van der Waals surface area contributed by atoms with E-state index in [1.165, 1.54) is 22.8 Å². The zero-order valence-corrected chi connectivity index (χ0v) is 18.4. The van der Waals surface area contributed by atoms with Gasteiger partial charge in [-0.05, 0) is 76.3 Å². The molecule has 166 valence electrons. The van der Waals surface area contributed by atoms with Crippen LogP contribution in [0.5, 0.6) is 0 Å². The highest BCUT2D eigenvalue weighted by atomic mass is 19.1. The Labute approximate surface area is 180 Å². The summed E-state index contributed by atoms with van der Waals surface area (Å²) in [5.41, 5.74) is 1.56. The van der Waals surface area contributed by atoms with Crippen molar-refractivity contribution in [2.45, 2.75) is 58.6 Å². The molecule has 3 N–H and O–H groups in total. The standard InChI is InChI=1S/C23H28FN3O4/c1-12-10-15(6-7-17(12)24)25-21(30)18-13(2)19(27(5)14(18)3)20(29)22(31)26-23(4)9-8-16(28)11-23/h6-7,10,16,28H,8-9,11H2,1-5H3,(H,25,30)(H,26,31)/t16-,23-/m0/s1. The lowest BCUT2D eigenvalue weighted by molar-refractivity contribution is -0.118. The molecule has 0 saturated heterocycles. The van der Waals surface area contributed by atoms with Gasteiger partial charge in [0.1, 0.15) is 5.82 Å². The Morgan fingerprint density at radius 1 is 1.23 bits per heavy atom. The second kappa shape index (κ2) is 8.26. The number of benzene rings is 1. The van der Waals surface area contributed by atoms with Crippen LogP contribution in [0, 0.1) is 26.6 Å². The van der Waals surface area contributed by atoms with Crippen LogP contribution in [0.3, 0.4) is 0 Å². The maximum atomic E-state index is 13.5. The number of ketones is 1. The first-order valence-corrected chi connectivity index (χ1v) is 10.2. The van der Waals surface area contributed by atoms with E-state index in [0.29, 0.717) is 47.3 Å². The van der Waals surface area contributed by atoms with Crippen LogP contribution in [0.25, 0.3) is 0 Å². The molecule has 0 radical (unpaired) electrons. The molecule has 31 heavy (non-hydrogen) atoms. The van der Waals surface area contributed by atoms with Gasteiger partial charge in [0.15, 0.2) is 0 Å². The van der Waals surface area contributed by atoms with Crippen molar-refractivity contribution in [3.05, 3.63) is 52.1 Å². The molecule has 1 saturated carbocycles. The third-order valence-corrected chi connectivity index (χ3v) is 6.13. The maximum Gasteiger partial charge on any atom is 0.294 e. The number of rotatable bonds is 5. The predicted octanol–water partition coefficient (Wildman–Crippen LogP) is 2.94. The monoisotopic (exact) mass is 429 g/mol. The van der Waals surface area contributed by atoms with Crippen molar-refractivity contribution in [1.82, 2.24) is 9.88 Å². The minimum Gasteiger partial charge on any atom is -0.393 e. The zero-order valence-electron chi connectivity index (χ0n) is 18.4.